The molecule has 14 nitrogen and oxygen atoms in total. The number of aromatic carboxylic acids is 1. The average molecular weight is 464 g/mol. The second-order valence-electron chi connectivity index (χ2n) is 7.50. The second kappa shape index (κ2) is 9.30. The Bertz CT molecular complexity index is 832. The van der Waals surface area contributed by atoms with Crippen molar-refractivity contribution in [1.82, 2.24) is 0 Å². The van der Waals surface area contributed by atoms with Crippen LogP contribution in [0, 0.1) is 0 Å². The number of aliphatic hydroxyl groups excluding tert-OH is 5. The van der Waals surface area contributed by atoms with Crippen molar-refractivity contribution >= 4 is 5.97 Å². The predicted molar refractivity (Wildman–Crippen MR) is 97.8 cm³/mol. The molecule has 0 bridgehead atoms. The van der Waals surface area contributed by atoms with Gasteiger partial charge in [0.1, 0.15) is 36.1 Å². The van der Waals surface area contributed by atoms with Crippen molar-refractivity contribution in [2.24, 2.45) is 0 Å². The molecule has 2 aliphatic heterocycles. The van der Waals surface area contributed by atoms with E-state index in [0.717, 1.165) is 12.1 Å². The molecule has 2 aliphatic rings. The van der Waals surface area contributed by atoms with Crippen molar-refractivity contribution in [1.29, 1.82) is 0 Å². The number of rotatable bonds is 7. The summed E-state index contributed by atoms with van der Waals surface area (Å²) >= 11 is 0. The molecule has 32 heavy (non-hydrogen) atoms. The molecule has 0 amide bonds. The number of carboxylic acids is 1. The zero-order valence-corrected chi connectivity index (χ0v) is 16.4. The molecule has 14 heteroatoms. The molecule has 9 N–H and O–H groups in total. The quantitative estimate of drug-likeness (QED) is 0.178. The van der Waals surface area contributed by atoms with E-state index in [1.165, 1.54) is 0 Å². The molecule has 0 saturated carbocycles. The Balaban J connectivity index is 1.72. The molecule has 0 spiro atoms. The Labute approximate surface area is 180 Å². The van der Waals surface area contributed by atoms with Gasteiger partial charge in [-0.2, -0.15) is 0 Å². The normalized spacial score (nSPS) is 37.4. The summed E-state index contributed by atoms with van der Waals surface area (Å²) in [4.78, 5) is 11.1. The SMILES string of the molecule is O=C(O)c1cc(O)c(O)c(O[C@@H]2O[C@H](CO[C@@H]3OC[C@](O)(CO)[C@H]3O)[C@@H](O)[C@H](O)[C@H]2O)c1. The summed E-state index contributed by atoms with van der Waals surface area (Å²) in [5, 5.41) is 88.2. The largest absolute Gasteiger partial charge is 0.504 e. The van der Waals surface area contributed by atoms with Gasteiger partial charge in [-0.3, -0.25) is 0 Å². The third-order valence-corrected chi connectivity index (χ3v) is 5.22. The lowest BCUT2D eigenvalue weighted by molar-refractivity contribution is -0.289. The van der Waals surface area contributed by atoms with Crippen LogP contribution in [-0.2, 0) is 14.2 Å². The summed E-state index contributed by atoms with van der Waals surface area (Å²) in [5.74, 6) is -3.72. The minimum absolute atomic E-state index is 0.431. The van der Waals surface area contributed by atoms with E-state index in [0.29, 0.717) is 0 Å². The molecule has 0 radical (unpaired) electrons. The number of phenols is 2. The van der Waals surface area contributed by atoms with Crippen molar-refractivity contribution in [3.8, 4) is 17.2 Å². The number of carbonyl (C=O) groups is 1. The van der Waals surface area contributed by atoms with E-state index < -0.39 is 97.3 Å². The van der Waals surface area contributed by atoms with Crippen LogP contribution in [-0.4, -0.2) is 120 Å². The average Bonchev–Trinajstić information content (AvgIpc) is 3.05. The Hall–Kier alpha value is -2.27. The Kier molecular flexibility index (Phi) is 7.09. The summed E-state index contributed by atoms with van der Waals surface area (Å²) < 4.78 is 20.9. The van der Waals surface area contributed by atoms with Gasteiger partial charge in [0.15, 0.2) is 17.8 Å². The predicted octanol–water partition coefficient (Wildman–Crippen LogP) is -3.56. The van der Waals surface area contributed by atoms with Gasteiger partial charge in [-0.25, -0.2) is 4.79 Å². The highest BCUT2D eigenvalue weighted by atomic mass is 16.7. The van der Waals surface area contributed by atoms with Gasteiger partial charge in [0.25, 0.3) is 0 Å². The van der Waals surface area contributed by atoms with E-state index in [4.69, 9.17) is 29.2 Å². The van der Waals surface area contributed by atoms with Gasteiger partial charge in [0, 0.05) is 0 Å². The highest BCUT2D eigenvalue weighted by Gasteiger charge is 2.50. The van der Waals surface area contributed by atoms with Crippen LogP contribution in [0.3, 0.4) is 0 Å². The van der Waals surface area contributed by atoms with Gasteiger partial charge in [-0.1, -0.05) is 0 Å². The van der Waals surface area contributed by atoms with Crippen LogP contribution < -0.4 is 4.74 Å². The first kappa shape index (κ1) is 24.4. The number of benzene rings is 1. The van der Waals surface area contributed by atoms with Gasteiger partial charge in [0.05, 0.1) is 25.4 Å². The summed E-state index contributed by atoms with van der Waals surface area (Å²) in [5.41, 5.74) is -2.41. The lowest BCUT2D eigenvalue weighted by Crippen LogP contribution is -2.60. The van der Waals surface area contributed by atoms with Crippen molar-refractivity contribution in [2.45, 2.75) is 48.7 Å². The maximum absolute atomic E-state index is 11.1. The molecular weight excluding hydrogens is 440 g/mol. The van der Waals surface area contributed by atoms with Crippen LogP contribution in [0.5, 0.6) is 17.2 Å². The second-order valence-corrected chi connectivity index (χ2v) is 7.50. The summed E-state index contributed by atoms with van der Waals surface area (Å²) in [7, 11) is 0. The highest BCUT2D eigenvalue weighted by Crippen LogP contribution is 2.38. The summed E-state index contributed by atoms with van der Waals surface area (Å²) in [6.45, 7) is -1.78. The Morgan fingerprint density at radius 3 is 2.38 bits per heavy atom. The molecule has 2 fully saturated rings. The van der Waals surface area contributed by atoms with E-state index in [2.05, 4.69) is 0 Å². The number of hydrogen-bond acceptors (Lipinski definition) is 13. The van der Waals surface area contributed by atoms with E-state index in [-0.39, 0.29) is 0 Å². The third kappa shape index (κ3) is 4.59. The smallest absolute Gasteiger partial charge is 0.335 e. The first-order chi connectivity index (χ1) is 15.0. The fraction of sp³-hybridized carbons (Fsp3) is 0.611. The highest BCUT2D eigenvalue weighted by molar-refractivity contribution is 5.89. The van der Waals surface area contributed by atoms with E-state index >= 15 is 0 Å². The van der Waals surface area contributed by atoms with E-state index in [1.54, 1.807) is 0 Å². The molecule has 180 valence electrons. The molecular formula is C18H24O14. The molecule has 2 saturated heterocycles. The van der Waals surface area contributed by atoms with E-state index in [1.807, 2.05) is 0 Å². The first-order valence-corrected chi connectivity index (χ1v) is 9.38. The van der Waals surface area contributed by atoms with Gasteiger partial charge < -0.3 is 64.9 Å². The monoisotopic (exact) mass is 464 g/mol. The fourth-order valence-corrected chi connectivity index (χ4v) is 3.21. The lowest BCUT2D eigenvalue weighted by Gasteiger charge is -2.40. The number of aromatic hydroxyl groups is 2. The van der Waals surface area contributed by atoms with Crippen LogP contribution >= 0.6 is 0 Å². The first-order valence-electron chi connectivity index (χ1n) is 9.38. The summed E-state index contributed by atoms with van der Waals surface area (Å²) in [6.07, 6.45) is -11.6. The zero-order chi connectivity index (χ0) is 23.8. The van der Waals surface area contributed by atoms with Crippen LogP contribution in [0.25, 0.3) is 0 Å². The van der Waals surface area contributed by atoms with E-state index in [9.17, 15) is 40.5 Å². The van der Waals surface area contributed by atoms with Crippen LogP contribution in [0.15, 0.2) is 12.1 Å². The number of phenolic OH excluding ortho intramolecular Hbond substituents is 2. The number of ether oxygens (including phenoxy) is 4. The Morgan fingerprint density at radius 2 is 1.78 bits per heavy atom. The topological polar surface area (TPSA) is 236 Å². The molecule has 8 atom stereocenters. The van der Waals surface area contributed by atoms with Crippen molar-refractivity contribution in [2.75, 3.05) is 19.8 Å². The number of hydrogen-bond donors (Lipinski definition) is 9. The minimum Gasteiger partial charge on any atom is -0.504 e. The lowest BCUT2D eigenvalue weighted by atomic mass is 9.99. The van der Waals surface area contributed by atoms with Crippen LogP contribution in [0.4, 0.5) is 0 Å². The maximum atomic E-state index is 11.1. The van der Waals surface area contributed by atoms with Crippen LogP contribution in [0.1, 0.15) is 10.4 Å². The zero-order valence-electron chi connectivity index (χ0n) is 16.4. The number of carboxylic acid groups (broad SMARTS) is 1. The fourth-order valence-electron chi connectivity index (χ4n) is 3.21. The minimum atomic E-state index is -1.95. The van der Waals surface area contributed by atoms with Crippen molar-refractivity contribution < 1.29 is 69.7 Å². The maximum Gasteiger partial charge on any atom is 0.335 e. The van der Waals surface area contributed by atoms with Gasteiger partial charge in [0.2, 0.25) is 12.0 Å². The molecule has 2 heterocycles. The van der Waals surface area contributed by atoms with Gasteiger partial charge in [-0.05, 0) is 12.1 Å². The van der Waals surface area contributed by atoms with Crippen molar-refractivity contribution in [3.63, 3.8) is 0 Å². The molecule has 0 aromatic heterocycles. The van der Waals surface area contributed by atoms with Crippen LogP contribution in [0.2, 0.25) is 0 Å². The third-order valence-electron chi connectivity index (χ3n) is 5.22. The molecule has 0 unspecified atom stereocenters. The van der Waals surface area contributed by atoms with Crippen molar-refractivity contribution in [3.05, 3.63) is 17.7 Å². The molecule has 3 rings (SSSR count). The standard InChI is InChI=1S/C18H24O14/c19-4-18(28)5-30-17(14(18)25)29-3-9-11(22)12(23)13(24)16(32-9)31-8-2-6(15(26)27)1-7(20)10(8)21/h1-2,9,11-14,16-17,19-25,28H,3-5H2,(H,26,27)/t9-,11-,12+,13-,14+,16-,17-,18-/m1/s1. The van der Waals surface area contributed by atoms with Gasteiger partial charge in [-0.15, -0.1) is 0 Å². The molecule has 1 aromatic rings. The number of aliphatic hydroxyl groups is 6. The Morgan fingerprint density at radius 1 is 1.09 bits per heavy atom. The molecule has 0 aliphatic carbocycles. The summed E-state index contributed by atoms with van der Waals surface area (Å²) in [6, 6.07) is 1.60. The molecule has 1 aromatic carbocycles. The van der Waals surface area contributed by atoms with Gasteiger partial charge >= 0.3 is 5.97 Å².